The van der Waals surface area contributed by atoms with Gasteiger partial charge in [0.05, 0.1) is 6.61 Å². The predicted molar refractivity (Wildman–Crippen MR) is 84.0 cm³/mol. The van der Waals surface area contributed by atoms with Crippen LogP contribution in [0.3, 0.4) is 0 Å². The van der Waals surface area contributed by atoms with Gasteiger partial charge in [-0.2, -0.15) is 0 Å². The summed E-state index contributed by atoms with van der Waals surface area (Å²) in [6.07, 6.45) is 1.29. The Labute approximate surface area is 123 Å². The minimum atomic E-state index is 0.00689. The summed E-state index contributed by atoms with van der Waals surface area (Å²) in [4.78, 5) is 7.24. The molecule has 1 aromatic heterocycles. The van der Waals surface area contributed by atoms with Gasteiger partial charge in [0, 0.05) is 24.2 Å². The number of hydrogen-bond donors (Lipinski definition) is 1. The molecule has 0 aliphatic carbocycles. The van der Waals surface area contributed by atoms with Gasteiger partial charge in [0.1, 0.15) is 5.82 Å². The number of hydrogen-bond acceptors (Lipinski definition) is 3. The number of aromatic nitrogens is 1. The van der Waals surface area contributed by atoms with E-state index in [-0.39, 0.29) is 12.0 Å². The van der Waals surface area contributed by atoms with Gasteiger partial charge in [0.2, 0.25) is 0 Å². The van der Waals surface area contributed by atoms with Gasteiger partial charge in [-0.05, 0) is 36.0 Å². The second kappa shape index (κ2) is 5.72. The number of piperidine rings is 1. The van der Waals surface area contributed by atoms with Gasteiger partial charge in [-0.3, -0.25) is 0 Å². The summed E-state index contributed by atoms with van der Waals surface area (Å²) >= 11 is 0. The molecule has 3 heteroatoms. The second-order valence-corrected chi connectivity index (χ2v) is 7.48. The molecule has 1 N–H and O–H groups in total. The summed E-state index contributed by atoms with van der Waals surface area (Å²) in [5.41, 5.74) is 2.03. The predicted octanol–water partition coefficient (Wildman–Crippen LogP) is 3.35. The quantitative estimate of drug-likeness (QED) is 0.900. The molecule has 0 saturated carbocycles. The lowest BCUT2D eigenvalue weighted by atomic mass is 9.90. The number of pyridine rings is 1. The van der Waals surface area contributed by atoms with Crippen LogP contribution in [0.4, 0.5) is 5.82 Å². The third kappa shape index (κ3) is 3.51. The molecule has 1 aliphatic heterocycles. The van der Waals surface area contributed by atoms with Crippen LogP contribution in [0.1, 0.15) is 52.3 Å². The molecular formula is C17H28N2O. The summed E-state index contributed by atoms with van der Waals surface area (Å²) in [6.45, 7) is 13.3. The smallest absolute Gasteiger partial charge is 0.129 e. The van der Waals surface area contributed by atoms with Crippen molar-refractivity contribution in [1.82, 2.24) is 4.98 Å². The Morgan fingerprint density at radius 2 is 1.80 bits per heavy atom. The normalized spacial score (nSPS) is 24.0. The number of rotatable bonds is 2. The molecule has 1 fully saturated rings. The summed E-state index contributed by atoms with van der Waals surface area (Å²) in [5.74, 6) is 2.44. The average molecular weight is 276 g/mol. The van der Waals surface area contributed by atoms with Gasteiger partial charge in [-0.15, -0.1) is 0 Å². The summed E-state index contributed by atoms with van der Waals surface area (Å²) in [6, 6.07) is 4.07. The number of aliphatic hydroxyl groups excluding tert-OH is 1. The third-order valence-corrected chi connectivity index (χ3v) is 4.02. The van der Waals surface area contributed by atoms with Gasteiger partial charge in [-0.1, -0.05) is 34.6 Å². The van der Waals surface area contributed by atoms with Crippen LogP contribution in [-0.4, -0.2) is 23.2 Å². The zero-order chi connectivity index (χ0) is 14.9. The average Bonchev–Trinajstić information content (AvgIpc) is 2.36. The molecular weight excluding hydrogens is 248 g/mol. The van der Waals surface area contributed by atoms with Crippen molar-refractivity contribution in [3.05, 3.63) is 23.4 Å². The highest BCUT2D eigenvalue weighted by molar-refractivity contribution is 5.44. The number of anilines is 1. The Morgan fingerprint density at radius 1 is 1.20 bits per heavy atom. The first kappa shape index (κ1) is 15.3. The lowest BCUT2D eigenvalue weighted by Crippen LogP contribution is -2.39. The van der Waals surface area contributed by atoms with Crippen molar-refractivity contribution in [2.24, 2.45) is 11.8 Å². The third-order valence-electron chi connectivity index (χ3n) is 4.02. The van der Waals surface area contributed by atoms with Crippen molar-refractivity contribution in [2.45, 2.75) is 53.1 Å². The van der Waals surface area contributed by atoms with E-state index < -0.39 is 0 Å². The van der Waals surface area contributed by atoms with Gasteiger partial charge >= 0.3 is 0 Å². The molecule has 2 rings (SSSR count). The van der Waals surface area contributed by atoms with Crippen molar-refractivity contribution >= 4 is 5.82 Å². The Balaban J connectivity index is 2.35. The zero-order valence-corrected chi connectivity index (χ0v) is 13.5. The Kier molecular flexibility index (Phi) is 4.38. The van der Waals surface area contributed by atoms with E-state index in [2.05, 4.69) is 39.5 Å². The lowest BCUT2D eigenvalue weighted by molar-refractivity contribution is 0.281. The first-order valence-electron chi connectivity index (χ1n) is 7.67. The topological polar surface area (TPSA) is 36.4 Å². The molecule has 112 valence electrons. The highest BCUT2D eigenvalue weighted by Crippen LogP contribution is 2.29. The Hall–Kier alpha value is -1.09. The van der Waals surface area contributed by atoms with Crippen molar-refractivity contribution in [3.63, 3.8) is 0 Å². The maximum atomic E-state index is 9.51. The zero-order valence-electron chi connectivity index (χ0n) is 13.5. The molecule has 20 heavy (non-hydrogen) atoms. The molecule has 2 unspecified atom stereocenters. The van der Waals surface area contributed by atoms with Gasteiger partial charge in [-0.25, -0.2) is 4.98 Å². The fraction of sp³-hybridized carbons (Fsp3) is 0.706. The highest BCUT2D eigenvalue weighted by Gasteiger charge is 2.24. The van der Waals surface area contributed by atoms with Crippen molar-refractivity contribution in [1.29, 1.82) is 0 Å². The van der Waals surface area contributed by atoms with Crippen LogP contribution in [0.25, 0.3) is 0 Å². The lowest BCUT2D eigenvalue weighted by Gasteiger charge is -2.36. The number of aliphatic hydroxyl groups is 1. The molecule has 3 nitrogen and oxygen atoms in total. The molecule has 0 bridgehead atoms. The van der Waals surface area contributed by atoms with E-state index in [0.29, 0.717) is 11.8 Å². The maximum Gasteiger partial charge on any atom is 0.129 e. The van der Waals surface area contributed by atoms with E-state index in [1.807, 2.05) is 12.1 Å². The monoisotopic (exact) mass is 276 g/mol. The van der Waals surface area contributed by atoms with Crippen LogP contribution in [0.2, 0.25) is 0 Å². The first-order valence-corrected chi connectivity index (χ1v) is 7.67. The summed E-state index contributed by atoms with van der Waals surface area (Å²) in [5, 5.41) is 9.51. The molecule has 2 atom stereocenters. The minimum absolute atomic E-state index is 0.00689. The van der Waals surface area contributed by atoms with Gasteiger partial charge in [0.25, 0.3) is 0 Å². The molecule has 1 saturated heterocycles. The fourth-order valence-electron chi connectivity index (χ4n) is 3.06. The fourth-order valence-corrected chi connectivity index (χ4v) is 3.06. The van der Waals surface area contributed by atoms with Crippen molar-refractivity contribution < 1.29 is 5.11 Å². The highest BCUT2D eigenvalue weighted by atomic mass is 16.3. The van der Waals surface area contributed by atoms with E-state index in [4.69, 9.17) is 4.98 Å². The summed E-state index contributed by atoms with van der Waals surface area (Å²) < 4.78 is 0. The van der Waals surface area contributed by atoms with Crippen LogP contribution in [0.5, 0.6) is 0 Å². The van der Waals surface area contributed by atoms with Crippen LogP contribution in [-0.2, 0) is 12.0 Å². The van der Waals surface area contributed by atoms with Gasteiger partial charge < -0.3 is 10.0 Å². The van der Waals surface area contributed by atoms with Crippen LogP contribution in [0.15, 0.2) is 12.1 Å². The first-order chi connectivity index (χ1) is 9.29. The van der Waals surface area contributed by atoms with Crippen LogP contribution in [0, 0.1) is 11.8 Å². The Bertz CT molecular complexity index is 455. The largest absolute Gasteiger partial charge is 0.392 e. The number of nitrogens with zero attached hydrogens (tertiary/aromatic N) is 2. The van der Waals surface area contributed by atoms with E-state index >= 15 is 0 Å². The molecule has 1 aliphatic rings. The molecule has 1 aromatic rings. The van der Waals surface area contributed by atoms with Crippen LogP contribution < -0.4 is 4.90 Å². The van der Waals surface area contributed by atoms with Gasteiger partial charge in [0.15, 0.2) is 0 Å². The van der Waals surface area contributed by atoms with Crippen LogP contribution >= 0.6 is 0 Å². The SMILES string of the molecule is CC1CC(C)CN(c2cc(CO)cc(C(C)(C)C)n2)C1. The molecule has 0 radical (unpaired) electrons. The standard InChI is InChI=1S/C17H28N2O/c1-12-6-13(2)10-19(9-12)16-8-14(11-20)7-15(18-16)17(3,4)5/h7-8,12-13,20H,6,9-11H2,1-5H3. The summed E-state index contributed by atoms with van der Waals surface area (Å²) in [7, 11) is 0. The second-order valence-electron chi connectivity index (χ2n) is 7.48. The molecule has 2 heterocycles. The van der Waals surface area contributed by atoms with E-state index in [0.717, 1.165) is 30.2 Å². The maximum absolute atomic E-state index is 9.51. The van der Waals surface area contributed by atoms with Crippen molar-refractivity contribution in [3.8, 4) is 0 Å². The van der Waals surface area contributed by atoms with E-state index in [9.17, 15) is 5.11 Å². The van der Waals surface area contributed by atoms with E-state index in [1.54, 1.807) is 0 Å². The molecule has 0 amide bonds. The molecule has 0 aromatic carbocycles. The molecule has 0 spiro atoms. The van der Waals surface area contributed by atoms with E-state index in [1.165, 1.54) is 6.42 Å². The Morgan fingerprint density at radius 3 is 2.30 bits per heavy atom. The minimum Gasteiger partial charge on any atom is -0.392 e. The van der Waals surface area contributed by atoms with Crippen molar-refractivity contribution in [2.75, 3.05) is 18.0 Å².